The molecule has 0 fully saturated rings. The van der Waals surface area contributed by atoms with Crippen molar-refractivity contribution < 1.29 is 4.79 Å². The molecule has 1 aliphatic heterocycles. The van der Waals surface area contributed by atoms with Crippen molar-refractivity contribution in [3.8, 4) is 0 Å². The number of pyridine rings is 1. The van der Waals surface area contributed by atoms with Crippen LogP contribution in [-0.2, 0) is 13.0 Å². The van der Waals surface area contributed by atoms with Gasteiger partial charge in [0, 0.05) is 31.2 Å². The normalized spacial score (nSPS) is 14.8. The molecular formula is C16H17N3O. The molecule has 3 rings (SSSR count). The molecule has 0 saturated heterocycles. The van der Waals surface area contributed by atoms with Crippen molar-refractivity contribution in [2.75, 3.05) is 12.3 Å². The lowest BCUT2D eigenvalue weighted by Gasteiger charge is -2.21. The number of anilines is 1. The maximum atomic E-state index is 12.7. The number of aromatic nitrogens is 1. The van der Waals surface area contributed by atoms with Gasteiger partial charge in [-0.1, -0.05) is 18.2 Å². The molecule has 1 amide bonds. The van der Waals surface area contributed by atoms with Crippen molar-refractivity contribution in [2.24, 2.45) is 0 Å². The lowest BCUT2D eigenvalue weighted by atomic mass is 10.0. The lowest BCUT2D eigenvalue weighted by Crippen LogP contribution is -2.31. The Balaban J connectivity index is 1.91. The van der Waals surface area contributed by atoms with Gasteiger partial charge in [-0.3, -0.25) is 9.78 Å². The zero-order valence-electron chi connectivity index (χ0n) is 11.2. The van der Waals surface area contributed by atoms with E-state index in [-0.39, 0.29) is 5.91 Å². The van der Waals surface area contributed by atoms with Crippen LogP contribution in [0, 0.1) is 0 Å². The highest BCUT2D eigenvalue weighted by Gasteiger charge is 2.24. The number of fused-ring (bicyclic) bond motifs is 1. The standard InChI is InChI=1S/C16H17N3O/c17-14-7-1-5-13-6-3-9-19(16(20)15(13)14)11-12-4-2-8-18-10-12/h1-2,4-5,7-8,10H,3,6,9,11,17H2. The SMILES string of the molecule is Nc1cccc2c1C(=O)N(Cc1cccnc1)CCC2. The molecular weight excluding hydrogens is 250 g/mol. The molecule has 4 heteroatoms. The first-order valence-electron chi connectivity index (χ1n) is 6.81. The summed E-state index contributed by atoms with van der Waals surface area (Å²) < 4.78 is 0. The highest BCUT2D eigenvalue weighted by atomic mass is 16.2. The van der Waals surface area contributed by atoms with Crippen LogP contribution < -0.4 is 5.73 Å². The van der Waals surface area contributed by atoms with E-state index in [0.717, 1.165) is 30.5 Å². The van der Waals surface area contributed by atoms with Gasteiger partial charge in [0.1, 0.15) is 0 Å². The number of hydrogen-bond donors (Lipinski definition) is 1. The fourth-order valence-electron chi connectivity index (χ4n) is 2.67. The van der Waals surface area contributed by atoms with Gasteiger partial charge in [-0.25, -0.2) is 0 Å². The monoisotopic (exact) mass is 267 g/mol. The van der Waals surface area contributed by atoms with E-state index in [4.69, 9.17) is 5.73 Å². The van der Waals surface area contributed by atoms with E-state index in [1.54, 1.807) is 18.5 Å². The van der Waals surface area contributed by atoms with Crippen molar-refractivity contribution in [1.29, 1.82) is 0 Å². The molecule has 1 aliphatic rings. The second-order valence-corrected chi connectivity index (χ2v) is 5.07. The summed E-state index contributed by atoms with van der Waals surface area (Å²) in [7, 11) is 0. The number of nitrogen functional groups attached to an aromatic ring is 1. The molecule has 0 radical (unpaired) electrons. The van der Waals surface area contributed by atoms with Gasteiger partial charge in [0.2, 0.25) is 0 Å². The molecule has 0 spiro atoms. The molecule has 2 N–H and O–H groups in total. The quantitative estimate of drug-likeness (QED) is 0.849. The Labute approximate surface area is 118 Å². The third kappa shape index (κ3) is 2.37. The van der Waals surface area contributed by atoms with Gasteiger partial charge in [-0.05, 0) is 36.1 Å². The summed E-state index contributed by atoms with van der Waals surface area (Å²) >= 11 is 0. The van der Waals surface area contributed by atoms with Crippen LogP contribution in [0.15, 0.2) is 42.7 Å². The molecule has 2 heterocycles. The molecule has 0 saturated carbocycles. The summed E-state index contributed by atoms with van der Waals surface area (Å²) in [5.74, 6) is 0.0273. The highest BCUT2D eigenvalue weighted by Crippen LogP contribution is 2.24. The zero-order chi connectivity index (χ0) is 13.9. The van der Waals surface area contributed by atoms with Crippen LogP contribution >= 0.6 is 0 Å². The predicted molar refractivity (Wildman–Crippen MR) is 78.2 cm³/mol. The van der Waals surface area contributed by atoms with E-state index in [0.29, 0.717) is 17.8 Å². The minimum Gasteiger partial charge on any atom is -0.398 e. The van der Waals surface area contributed by atoms with E-state index in [1.165, 1.54) is 0 Å². The summed E-state index contributed by atoms with van der Waals surface area (Å²) in [6.07, 6.45) is 5.40. The number of aryl methyl sites for hydroxylation is 1. The predicted octanol–water partition coefficient (Wildman–Crippen LogP) is 2.25. The first-order valence-corrected chi connectivity index (χ1v) is 6.81. The van der Waals surface area contributed by atoms with Crippen LogP contribution in [0.2, 0.25) is 0 Å². The van der Waals surface area contributed by atoms with E-state index in [9.17, 15) is 4.79 Å². The van der Waals surface area contributed by atoms with Crippen LogP contribution in [0.3, 0.4) is 0 Å². The van der Waals surface area contributed by atoms with Crippen LogP contribution in [-0.4, -0.2) is 22.3 Å². The van der Waals surface area contributed by atoms with E-state index >= 15 is 0 Å². The van der Waals surface area contributed by atoms with Gasteiger partial charge in [-0.2, -0.15) is 0 Å². The van der Waals surface area contributed by atoms with Crippen molar-refractivity contribution in [2.45, 2.75) is 19.4 Å². The molecule has 0 bridgehead atoms. The number of nitrogens with two attached hydrogens (primary N) is 1. The molecule has 102 valence electrons. The zero-order valence-corrected chi connectivity index (χ0v) is 11.2. The summed E-state index contributed by atoms with van der Waals surface area (Å²) in [5.41, 5.74) is 9.35. The Morgan fingerprint density at radius 2 is 2.15 bits per heavy atom. The minimum absolute atomic E-state index is 0.0273. The Bertz CT molecular complexity index is 625. The van der Waals surface area contributed by atoms with Gasteiger partial charge in [0.05, 0.1) is 5.56 Å². The molecule has 0 atom stereocenters. The number of benzene rings is 1. The number of hydrogen-bond acceptors (Lipinski definition) is 3. The minimum atomic E-state index is 0.0273. The molecule has 0 unspecified atom stereocenters. The van der Waals surface area contributed by atoms with Gasteiger partial charge >= 0.3 is 0 Å². The van der Waals surface area contributed by atoms with Gasteiger partial charge in [0.15, 0.2) is 0 Å². The third-order valence-corrected chi connectivity index (χ3v) is 3.65. The van der Waals surface area contributed by atoms with Gasteiger partial charge < -0.3 is 10.6 Å². The van der Waals surface area contributed by atoms with Crippen molar-refractivity contribution in [3.05, 3.63) is 59.4 Å². The average Bonchev–Trinajstić information content (AvgIpc) is 2.61. The molecule has 4 nitrogen and oxygen atoms in total. The van der Waals surface area contributed by atoms with Gasteiger partial charge in [0.25, 0.3) is 5.91 Å². The van der Waals surface area contributed by atoms with E-state index in [1.807, 2.05) is 29.2 Å². The first-order chi connectivity index (χ1) is 9.75. The van der Waals surface area contributed by atoms with E-state index in [2.05, 4.69) is 4.98 Å². The van der Waals surface area contributed by atoms with Crippen molar-refractivity contribution in [1.82, 2.24) is 9.88 Å². The molecule has 1 aromatic carbocycles. The second kappa shape index (κ2) is 5.33. The average molecular weight is 267 g/mol. The second-order valence-electron chi connectivity index (χ2n) is 5.07. The summed E-state index contributed by atoms with van der Waals surface area (Å²) in [4.78, 5) is 18.6. The molecule has 0 aliphatic carbocycles. The Morgan fingerprint density at radius 1 is 1.25 bits per heavy atom. The fraction of sp³-hybridized carbons (Fsp3) is 0.250. The highest BCUT2D eigenvalue weighted by molar-refractivity contribution is 6.00. The molecule has 1 aromatic heterocycles. The Kier molecular flexibility index (Phi) is 3.37. The number of carbonyl (C=O) groups excluding carboxylic acids is 1. The largest absolute Gasteiger partial charge is 0.398 e. The maximum absolute atomic E-state index is 12.7. The summed E-state index contributed by atoms with van der Waals surface area (Å²) in [6, 6.07) is 9.58. The maximum Gasteiger partial charge on any atom is 0.256 e. The molecule has 20 heavy (non-hydrogen) atoms. The number of carbonyl (C=O) groups is 1. The van der Waals surface area contributed by atoms with Crippen molar-refractivity contribution in [3.63, 3.8) is 0 Å². The Hall–Kier alpha value is -2.36. The van der Waals surface area contributed by atoms with Crippen molar-refractivity contribution >= 4 is 11.6 Å². The van der Waals surface area contributed by atoms with Crippen LogP contribution in [0.25, 0.3) is 0 Å². The summed E-state index contributed by atoms with van der Waals surface area (Å²) in [6.45, 7) is 1.34. The number of nitrogens with zero attached hydrogens (tertiary/aromatic N) is 2. The van der Waals surface area contributed by atoms with Crippen LogP contribution in [0.4, 0.5) is 5.69 Å². The topological polar surface area (TPSA) is 59.2 Å². The van der Waals surface area contributed by atoms with E-state index < -0.39 is 0 Å². The Morgan fingerprint density at radius 3 is 2.95 bits per heavy atom. The number of amides is 1. The first kappa shape index (κ1) is 12.7. The smallest absolute Gasteiger partial charge is 0.256 e. The molecule has 2 aromatic rings. The third-order valence-electron chi connectivity index (χ3n) is 3.65. The lowest BCUT2D eigenvalue weighted by molar-refractivity contribution is 0.0749. The van der Waals surface area contributed by atoms with Gasteiger partial charge in [-0.15, -0.1) is 0 Å². The van der Waals surface area contributed by atoms with Crippen LogP contribution in [0.1, 0.15) is 27.9 Å². The number of rotatable bonds is 2. The fourth-order valence-corrected chi connectivity index (χ4v) is 2.67. The summed E-state index contributed by atoms with van der Waals surface area (Å²) in [5, 5.41) is 0. The van der Waals surface area contributed by atoms with Crippen LogP contribution in [0.5, 0.6) is 0 Å².